The zero-order valence-corrected chi connectivity index (χ0v) is 18.4. The van der Waals surface area contributed by atoms with Crippen LogP contribution in [0.4, 0.5) is 0 Å². The fourth-order valence-electron chi connectivity index (χ4n) is 5.32. The highest BCUT2D eigenvalue weighted by Gasteiger charge is 2.30. The molecule has 4 rings (SSSR count). The molecule has 5 nitrogen and oxygen atoms in total. The molecule has 0 aliphatic carbocycles. The minimum atomic E-state index is 0.210. The smallest absolute Gasteiger partial charge is 0.223 e. The van der Waals surface area contributed by atoms with E-state index in [0.29, 0.717) is 5.92 Å². The standard InChI is InChI=1S/C25H39N3O2/c29-25(26-19-22-12-18-30-20-22)23-8-16-28(17-9-23)24-10-14-27(15-11-24)13-4-7-21-5-2-1-3-6-21/h1-3,5-6,22-24H,4,7-20H2,(H,26,29). The van der Waals surface area contributed by atoms with Crippen LogP contribution in [0.1, 0.15) is 44.1 Å². The van der Waals surface area contributed by atoms with Crippen LogP contribution in [0.2, 0.25) is 0 Å². The van der Waals surface area contributed by atoms with E-state index in [-0.39, 0.29) is 11.8 Å². The Hall–Kier alpha value is -1.43. The minimum Gasteiger partial charge on any atom is -0.381 e. The number of hydrogen-bond acceptors (Lipinski definition) is 4. The zero-order chi connectivity index (χ0) is 20.6. The number of nitrogens with one attached hydrogen (secondary N) is 1. The lowest BCUT2D eigenvalue weighted by molar-refractivity contribution is -0.126. The number of nitrogens with zero attached hydrogens (tertiary/aromatic N) is 2. The predicted octanol–water partition coefficient (Wildman–Crippen LogP) is 2.95. The largest absolute Gasteiger partial charge is 0.381 e. The maximum atomic E-state index is 12.5. The van der Waals surface area contributed by atoms with Crippen molar-refractivity contribution in [1.29, 1.82) is 0 Å². The number of hydrogen-bond donors (Lipinski definition) is 1. The Morgan fingerprint density at radius 2 is 1.77 bits per heavy atom. The molecular formula is C25H39N3O2. The molecule has 1 unspecified atom stereocenters. The molecule has 1 amide bonds. The highest BCUT2D eigenvalue weighted by molar-refractivity contribution is 5.78. The van der Waals surface area contributed by atoms with Gasteiger partial charge < -0.3 is 19.9 Å². The Balaban J connectivity index is 1.09. The molecule has 1 N–H and O–H groups in total. The zero-order valence-electron chi connectivity index (χ0n) is 18.4. The van der Waals surface area contributed by atoms with Crippen molar-refractivity contribution in [2.75, 3.05) is 52.5 Å². The lowest BCUT2D eigenvalue weighted by Gasteiger charge is -2.41. The SMILES string of the molecule is O=C(NCC1CCOC1)C1CCN(C2CCN(CCCc3ccccc3)CC2)CC1. The van der Waals surface area contributed by atoms with Crippen LogP contribution < -0.4 is 5.32 Å². The first-order valence-electron chi connectivity index (χ1n) is 12.1. The summed E-state index contributed by atoms with van der Waals surface area (Å²) in [7, 11) is 0. The van der Waals surface area contributed by atoms with Gasteiger partial charge in [-0.05, 0) is 83.2 Å². The highest BCUT2D eigenvalue weighted by atomic mass is 16.5. The van der Waals surface area contributed by atoms with Crippen molar-refractivity contribution in [3.05, 3.63) is 35.9 Å². The van der Waals surface area contributed by atoms with Crippen molar-refractivity contribution >= 4 is 5.91 Å². The number of benzene rings is 1. The van der Waals surface area contributed by atoms with Gasteiger partial charge in [0.15, 0.2) is 0 Å². The van der Waals surface area contributed by atoms with Crippen LogP contribution in [0.3, 0.4) is 0 Å². The van der Waals surface area contributed by atoms with E-state index >= 15 is 0 Å². The lowest BCUT2D eigenvalue weighted by Crippen LogP contribution is -2.49. The summed E-state index contributed by atoms with van der Waals surface area (Å²) in [4.78, 5) is 17.8. The minimum absolute atomic E-state index is 0.210. The number of carbonyl (C=O) groups excluding carboxylic acids is 1. The molecule has 5 heteroatoms. The molecule has 0 spiro atoms. The Morgan fingerprint density at radius 3 is 2.47 bits per heavy atom. The first kappa shape index (κ1) is 21.8. The number of rotatable bonds is 8. The monoisotopic (exact) mass is 413 g/mol. The second-order valence-corrected chi connectivity index (χ2v) is 9.45. The molecule has 166 valence electrons. The van der Waals surface area contributed by atoms with E-state index in [0.717, 1.165) is 58.2 Å². The number of aryl methyl sites for hydroxylation is 1. The summed E-state index contributed by atoms with van der Waals surface area (Å²) in [5.74, 6) is 1.00. The molecular weight excluding hydrogens is 374 g/mol. The van der Waals surface area contributed by atoms with E-state index in [4.69, 9.17) is 4.74 Å². The molecule has 1 aromatic carbocycles. The van der Waals surface area contributed by atoms with Crippen molar-refractivity contribution in [2.45, 2.75) is 51.0 Å². The summed E-state index contributed by atoms with van der Waals surface area (Å²) in [5.41, 5.74) is 1.45. The van der Waals surface area contributed by atoms with Gasteiger partial charge in [0.2, 0.25) is 5.91 Å². The van der Waals surface area contributed by atoms with Gasteiger partial charge in [0.25, 0.3) is 0 Å². The number of amides is 1. The van der Waals surface area contributed by atoms with E-state index in [1.807, 2.05) is 0 Å². The summed E-state index contributed by atoms with van der Waals surface area (Å²) < 4.78 is 5.40. The third-order valence-electron chi connectivity index (χ3n) is 7.35. The van der Waals surface area contributed by atoms with Gasteiger partial charge in [-0.3, -0.25) is 4.79 Å². The predicted molar refractivity (Wildman–Crippen MR) is 120 cm³/mol. The number of likely N-dealkylation sites (tertiary alicyclic amines) is 2. The summed E-state index contributed by atoms with van der Waals surface area (Å²) >= 11 is 0. The van der Waals surface area contributed by atoms with E-state index in [1.165, 1.54) is 50.9 Å². The Labute approximate surface area is 182 Å². The molecule has 0 saturated carbocycles. The van der Waals surface area contributed by atoms with Crippen LogP contribution >= 0.6 is 0 Å². The maximum absolute atomic E-state index is 12.5. The van der Waals surface area contributed by atoms with Crippen LogP contribution in [-0.4, -0.2) is 74.2 Å². The molecule has 0 radical (unpaired) electrons. The number of carbonyl (C=O) groups is 1. The van der Waals surface area contributed by atoms with Gasteiger partial charge in [0.1, 0.15) is 0 Å². The number of ether oxygens (including phenoxy) is 1. The van der Waals surface area contributed by atoms with Gasteiger partial charge >= 0.3 is 0 Å². The van der Waals surface area contributed by atoms with E-state index in [9.17, 15) is 4.79 Å². The highest BCUT2D eigenvalue weighted by Crippen LogP contribution is 2.24. The summed E-state index contributed by atoms with van der Waals surface area (Å²) in [6.07, 6.45) is 8.12. The Morgan fingerprint density at radius 1 is 1.00 bits per heavy atom. The summed E-state index contributed by atoms with van der Waals surface area (Å²) in [6.45, 7) is 8.30. The molecule has 3 heterocycles. The Bertz CT molecular complexity index is 631. The molecule has 3 aliphatic heterocycles. The van der Waals surface area contributed by atoms with Crippen molar-refractivity contribution in [1.82, 2.24) is 15.1 Å². The molecule has 30 heavy (non-hydrogen) atoms. The van der Waals surface area contributed by atoms with Crippen LogP contribution in [0.5, 0.6) is 0 Å². The maximum Gasteiger partial charge on any atom is 0.223 e. The average Bonchev–Trinajstić information content (AvgIpc) is 3.33. The first-order valence-corrected chi connectivity index (χ1v) is 12.1. The van der Waals surface area contributed by atoms with Gasteiger partial charge in [0, 0.05) is 31.0 Å². The number of piperidine rings is 2. The molecule has 0 aromatic heterocycles. The van der Waals surface area contributed by atoms with Crippen molar-refractivity contribution < 1.29 is 9.53 Å². The van der Waals surface area contributed by atoms with Crippen molar-refractivity contribution in [3.8, 4) is 0 Å². The molecule has 3 fully saturated rings. The van der Waals surface area contributed by atoms with E-state index < -0.39 is 0 Å². The average molecular weight is 414 g/mol. The molecule has 3 saturated heterocycles. The lowest BCUT2D eigenvalue weighted by atomic mass is 9.92. The molecule has 3 aliphatic rings. The van der Waals surface area contributed by atoms with Gasteiger partial charge in [0.05, 0.1) is 6.61 Å². The van der Waals surface area contributed by atoms with Crippen LogP contribution in [0, 0.1) is 11.8 Å². The van der Waals surface area contributed by atoms with Gasteiger partial charge in [-0.2, -0.15) is 0 Å². The topological polar surface area (TPSA) is 44.8 Å². The summed E-state index contributed by atoms with van der Waals surface area (Å²) in [5, 5.41) is 3.18. The van der Waals surface area contributed by atoms with Gasteiger partial charge in [-0.15, -0.1) is 0 Å². The second kappa shape index (κ2) is 11.3. The van der Waals surface area contributed by atoms with Crippen LogP contribution in [-0.2, 0) is 16.0 Å². The molecule has 1 atom stereocenters. The van der Waals surface area contributed by atoms with Crippen molar-refractivity contribution in [3.63, 3.8) is 0 Å². The van der Waals surface area contributed by atoms with Gasteiger partial charge in [-0.1, -0.05) is 30.3 Å². The third kappa shape index (κ3) is 6.29. The Kier molecular flexibility index (Phi) is 8.18. The first-order chi connectivity index (χ1) is 14.8. The van der Waals surface area contributed by atoms with E-state index in [2.05, 4.69) is 45.4 Å². The fourth-order valence-corrected chi connectivity index (χ4v) is 5.32. The third-order valence-corrected chi connectivity index (χ3v) is 7.35. The quantitative estimate of drug-likeness (QED) is 0.712. The van der Waals surface area contributed by atoms with Gasteiger partial charge in [-0.25, -0.2) is 0 Å². The fraction of sp³-hybridized carbons (Fsp3) is 0.720. The van der Waals surface area contributed by atoms with E-state index in [1.54, 1.807) is 0 Å². The molecule has 0 bridgehead atoms. The molecule has 1 aromatic rings. The summed E-state index contributed by atoms with van der Waals surface area (Å²) in [6, 6.07) is 11.6. The van der Waals surface area contributed by atoms with Crippen molar-refractivity contribution in [2.24, 2.45) is 11.8 Å². The normalized spacial score (nSPS) is 24.9. The van der Waals surface area contributed by atoms with Crippen LogP contribution in [0.25, 0.3) is 0 Å². The second-order valence-electron chi connectivity index (χ2n) is 9.45. The van der Waals surface area contributed by atoms with Crippen LogP contribution in [0.15, 0.2) is 30.3 Å².